The van der Waals surface area contributed by atoms with E-state index in [-0.39, 0.29) is 17.8 Å². The van der Waals surface area contributed by atoms with E-state index in [4.69, 9.17) is 0 Å². The molecule has 2 aromatic carbocycles. The van der Waals surface area contributed by atoms with Gasteiger partial charge in [0.15, 0.2) is 0 Å². The van der Waals surface area contributed by atoms with Gasteiger partial charge in [-0.2, -0.15) is 0 Å². The van der Waals surface area contributed by atoms with E-state index >= 15 is 0 Å². The summed E-state index contributed by atoms with van der Waals surface area (Å²) in [6.07, 6.45) is 0.764. The van der Waals surface area contributed by atoms with Crippen molar-refractivity contribution in [3.05, 3.63) is 71.0 Å². The summed E-state index contributed by atoms with van der Waals surface area (Å²) in [4.78, 5) is 13.7. The molecular formula is C17H16FNO2. The van der Waals surface area contributed by atoms with E-state index in [1.807, 2.05) is 24.3 Å². The van der Waals surface area contributed by atoms with E-state index in [1.54, 1.807) is 17.0 Å². The quantitative estimate of drug-likeness (QED) is 0.919. The molecule has 1 atom stereocenters. The predicted octanol–water partition coefficient (Wildman–Crippen LogP) is 2.29. The molecule has 3 rings (SSSR count). The third kappa shape index (κ3) is 2.54. The predicted molar refractivity (Wildman–Crippen MR) is 77.2 cm³/mol. The molecule has 0 bridgehead atoms. The summed E-state index contributed by atoms with van der Waals surface area (Å²) in [7, 11) is 0. The van der Waals surface area contributed by atoms with Gasteiger partial charge in [0.25, 0.3) is 0 Å². The first-order chi connectivity index (χ1) is 10.2. The zero-order chi connectivity index (χ0) is 14.8. The number of benzene rings is 2. The van der Waals surface area contributed by atoms with Crippen LogP contribution in [0.25, 0.3) is 0 Å². The van der Waals surface area contributed by atoms with Gasteiger partial charge in [-0.3, -0.25) is 4.79 Å². The molecule has 1 aliphatic heterocycles. The number of nitrogens with zero attached hydrogens (tertiary/aromatic N) is 1. The number of carbonyl (C=O) groups excluding carboxylic acids is 1. The van der Waals surface area contributed by atoms with E-state index in [0.29, 0.717) is 6.54 Å². The molecule has 0 aliphatic carbocycles. The minimum atomic E-state index is -0.514. The fourth-order valence-corrected chi connectivity index (χ4v) is 2.93. The molecule has 1 amide bonds. The first-order valence-corrected chi connectivity index (χ1v) is 6.94. The molecule has 1 heterocycles. The van der Waals surface area contributed by atoms with E-state index in [1.165, 1.54) is 17.7 Å². The second-order valence-electron chi connectivity index (χ2n) is 5.15. The van der Waals surface area contributed by atoms with Crippen molar-refractivity contribution in [3.63, 3.8) is 0 Å². The molecular weight excluding hydrogens is 269 g/mol. The highest BCUT2D eigenvalue weighted by atomic mass is 19.1. The lowest BCUT2D eigenvalue weighted by molar-refractivity contribution is -0.136. The molecule has 0 saturated carbocycles. The van der Waals surface area contributed by atoms with Gasteiger partial charge in [-0.1, -0.05) is 36.4 Å². The lowest BCUT2D eigenvalue weighted by Crippen LogP contribution is -2.42. The fraction of sp³-hybridized carbons (Fsp3) is 0.235. The van der Waals surface area contributed by atoms with Gasteiger partial charge in [-0.25, -0.2) is 4.39 Å². The highest BCUT2D eigenvalue weighted by molar-refractivity contribution is 5.78. The first kappa shape index (κ1) is 13.8. The molecule has 4 heteroatoms. The van der Waals surface area contributed by atoms with Gasteiger partial charge in [-0.05, 0) is 35.2 Å². The van der Waals surface area contributed by atoms with Crippen molar-refractivity contribution in [2.75, 3.05) is 13.2 Å². The number of rotatable bonds is 2. The minimum absolute atomic E-state index is 0.268. The Morgan fingerprint density at radius 2 is 1.90 bits per heavy atom. The maximum absolute atomic E-state index is 13.2. The van der Waals surface area contributed by atoms with Crippen LogP contribution >= 0.6 is 0 Å². The summed E-state index contributed by atoms with van der Waals surface area (Å²) in [6.45, 7) is 0.0400. The van der Waals surface area contributed by atoms with Gasteiger partial charge in [0.05, 0.1) is 6.04 Å². The minimum Gasteiger partial charge on any atom is -0.387 e. The molecule has 1 N–H and O–H groups in total. The topological polar surface area (TPSA) is 40.5 Å². The summed E-state index contributed by atoms with van der Waals surface area (Å²) in [6, 6.07) is 13.9. The Morgan fingerprint density at radius 1 is 1.19 bits per heavy atom. The molecule has 3 nitrogen and oxygen atoms in total. The van der Waals surface area contributed by atoms with E-state index in [9.17, 15) is 14.3 Å². The van der Waals surface area contributed by atoms with Gasteiger partial charge >= 0.3 is 0 Å². The van der Waals surface area contributed by atoms with Gasteiger partial charge in [0.2, 0.25) is 5.91 Å². The molecule has 2 aromatic rings. The number of hydrogen-bond acceptors (Lipinski definition) is 2. The number of halogens is 1. The van der Waals surface area contributed by atoms with E-state index in [0.717, 1.165) is 17.5 Å². The fourth-order valence-electron chi connectivity index (χ4n) is 2.93. The van der Waals surface area contributed by atoms with Crippen molar-refractivity contribution < 1.29 is 14.3 Å². The maximum atomic E-state index is 13.2. The van der Waals surface area contributed by atoms with Crippen LogP contribution in [0.1, 0.15) is 22.7 Å². The zero-order valence-corrected chi connectivity index (χ0v) is 11.5. The van der Waals surface area contributed by atoms with Crippen LogP contribution in [0.3, 0.4) is 0 Å². The Balaban J connectivity index is 2.09. The molecule has 0 spiro atoms. The number of fused-ring (bicyclic) bond motifs is 1. The SMILES string of the molecule is O=C(CO)N1CCc2ccccc2C1c1ccc(F)cc1. The third-order valence-corrected chi connectivity index (χ3v) is 3.92. The van der Waals surface area contributed by atoms with Gasteiger partial charge in [0, 0.05) is 6.54 Å². The summed E-state index contributed by atoms with van der Waals surface area (Å²) in [5.41, 5.74) is 3.08. The van der Waals surface area contributed by atoms with Crippen molar-refractivity contribution in [1.29, 1.82) is 0 Å². The van der Waals surface area contributed by atoms with Crippen molar-refractivity contribution in [3.8, 4) is 0 Å². The second kappa shape index (κ2) is 5.66. The Labute approximate surface area is 122 Å². The second-order valence-corrected chi connectivity index (χ2v) is 5.15. The van der Waals surface area contributed by atoms with Crippen LogP contribution in [0, 0.1) is 5.82 Å². The standard InChI is InChI=1S/C17H16FNO2/c18-14-7-5-13(6-8-14)17-15-4-2-1-3-12(15)9-10-19(17)16(21)11-20/h1-8,17,20H,9-11H2. The van der Waals surface area contributed by atoms with Crippen LogP contribution in [-0.2, 0) is 11.2 Å². The van der Waals surface area contributed by atoms with E-state index < -0.39 is 6.61 Å². The van der Waals surface area contributed by atoms with Gasteiger partial charge in [-0.15, -0.1) is 0 Å². The Bertz CT molecular complexity index is 654. The molecule has 0 saturated heterocycles. The molecule has 1 aliphatic rings. The maximum Gasteiger partial charge on any atom is 0.249 e. The summed E-state index contributed by atoms with van der Waals surface area (Å²) in [5.74, 6) is -0.610. The number of aliphatic hydroxyl groups excluding tert-OH is 1. The highest BCUT2D eigenvalue weighted by Crippen LogP contribution is 2.35. The van der Waals surface area contributed by atoms with Crippen LogP contribution in [0.15, 0.2) is 48.5 Å². The third-order valence-electron chi connectivity index (χ3n) is 3.92. The normalized spacial score (nSPS) is 17.4. The Kier molecular flexibility index (Phi) is 3.71. The van der Waals surface area contributed by atoms with Crippen molar-refractivity contribution in [2.45, 2.75) is 12.5 Å². The number of aliphatic hydroxyl groups is 1. The lowest BCUT2D eigenvalue weighted by Gasteiger charge is -2.37. The first-order valence-electron chi connectivity index (χ1n) is 6.94. The van der Waals surface area contributed by atoms with Gasteiger partial charge in [0.1, 0.15) is 12.4 Å². The lowest BCUT2D eigenvalue weighted by atomic mass is 9.88. The molecule has 21 heavy (non-hydrogen) atoms. The Hall–Kier alpha value is -2.20. The largest absolute Gasteiger partial charge is 0.387 e. The van der Waals surface area contributed by atoms with Crippen LogP contribution in [0.4, 0.5) is 4.39 Å². The molecule has 0 aromatic heterocycles. The monoisotopic (exact) mass is 285 g/mol. The molecule has 0 fully saturated rings. The zero-order valence-electron chi connectivity index (χ0n) is 11.5. The smallest absolute Gasteiger partial charge is 0.249 e. The number of carbonyl (C=O) groups is 1. The van der Waals surface area contributed by atoms with Crippen LogP contribution in [-0.4, -0.2) is 29.1 Å². The number of hydrogen-bond donors (Lipinski definition) is 1. The molecule has 108 valence electrons. The van der Waals surface area contributed by atoms with E-state index in [2.05, 4.69) is 0 Å². The molecule has 1 unspecified atom stereocenters. The number of amides is 1. The summed E-state index contributed by atoms with van der Waals surface area (Å²) in [5, 5.41) is 9.19. The van der Waals surface area contributed by atoms with Crippen LogP contribution < -0.4 is 0 Å². The van der Waals surface area contributed by atoms with Crippen molar-refractivity contribution >= 4 is 5.91 Å². The van der Waals surface area contributed by atoms with Gasteiger partial charge < -0.3 is 10.0 Å². The summed E-state index contributed by atoms with van der Waals surface area (Å²) < 4.78 is 13.2. The van der Waals surface area contributed by atoms with Crippen LogP contribution in [0.2, 0.25) is 0 Å². The average Bonchev–Trinajstić information content (AvgIpc) is 2.54. The van der Waals surface area contributed by atoms with Crippen LogP contribution in [0.5, 0.6) is 0 Å². The summed E-state index contributed by atoms with van der Waals surface area (Å²) >= 11 is 0. The highest BCUT2D eigenvalue weighted by Gasteiger charge is 2.31. The molecule has 0 radical (unpaired) electrons. The Morgan fingerprint density at radius 3 is 2.62 bits per heavy atom. The average molecular weight is 285 g/mol. The van der Waals surface area contributed by atoms with Crippen molar-refractivity contribution in [1.82, 2.24) is 4.90 Å². The van der Waals surface area contributed by atoms with Crippen molar-refractivity contribution in [2.24, 2.45) is 0 Å².